The van der Waals surface area contributed by atoms with Gasteiger partial charge in [-0.1, -0.05) is 13.3 Å². The van der Waals surface area contributed by atoms with E-state index in [1.807, 2.05) is 11.9 Å². The van der Waals surface area contributed by atoms with Gasteiger partial charge in [0.2, 0.25) is 0 Å². The van der Waals surface area contributed by atoms with Crippen molar-refractivity contribution in [1.29, 1.82) is 0 Å². The van der Waals surface area contributed by atoms with Gasteiger partial charge in [-0.15, -0.1) is 0 Å². The third-order valence-corrected chi connectivity index (χ3v) is 2.49. The molecule has 0 atom stereocenters. The van der Waals surface area contributed by atoms with Crippen LogP contribution in [0.25, 0.3) is 0 Å². The van der Waals surface area contributed by atoms with Crippen LogP contribution in [0.5, 0.6) is 0 Å². The number of aliphatic hydroxyl groups is 1. The number of nitrogens with one attached hydrogen (secondary N) is 2. The largest absolute Gasteiger partial charge is 0.395 e. The quantitative estimate of drug-likeness (QED) is 0.624. The number of aromatic nitrogens is 2. The fourth-order valence-electron chi connectivity index (χ4n) is 1.52. The molecule has 0 saturated heterocycles. The SMILES string of the molecule is CCCCN(CCO)C(=O)c1c[nH]c(=O)[nH]c1=O. The van der Waals surface area contributed by atoms with Crippen LogP contribution in [0, 0.1) is 0 Å². The van der Waals surface area contributed by atoms with Crippen LogP contribution in [0.1, 0.15) is 30.1 Å². The van der Waals surface area contributed by atoms with Crippen LogP contribution < -0.4 is 11.2 Å². The van der Waals surface area contributed by atoms with Gasteiger partial charge >= 0.3 is 5.69 Å². The van der Waals surface area contributed by atoms with E-state index in [0.717, 1.165) is 19.0 Å². The number of aliphatic hydroxyl groups excluding tert-OH is 1. The topological polar surface area (TPSA) is 106 Å². The minimum atomic E-state index is -0.719. The first-order valence-electron chi connectivity index (χ1n) is 5.82. The van der Waals surface area contributed by atoms with Crippen molar-refractivity contribution in [1.82, 2.24) is 14.9 Å². The second-order valence-electron chi connectivity index (χ2n) is 3.85. The first-order valence-corrected chi connectivity index (χ1v) is 5.82. The number of hydrogen-bond donors (Lipinski definition) is 3. The summed E-state index contributed by atoms with van der Waals surface area (Å²) in [6.45, 7) is 2.44. The van der Waals surface area contributed by atoms with Gasteiger partial charge in [-0.25, -0.2) is 4.79 Å². The van der Waals surface area contributed by atoms with Crippen LogP contribution in [0.4, 0.5) is 0 Å². The predicted octanol–water partition coefficient (Wildman–Crippen LogP) is -0.702. The van der Waals surface area contributed by atoms with Gasteiger partial charge in [0.25, 0.3) is 11.5 Å². The summed E-state index contributed by atoms with van der Waals surface area (Å²) in [5.74, 6) is -0.491. The van der Waals surface area contributed by atoms with Crippen LogP contribution in [0.2, 0.25) is 0 Å². The van der Waals surface area contributed by atoms with Gasteiger partial charge in [-0.2, -0.15) is 0 Å². The molecule has 0 bridgehead atoms. The van der Waals surface area contributed by atoms with E-state index in [9.17, 15) is 14.4 Å². The second kappa shape index (κ2) is 6.75. The monoisotopic (exact) mass is 255 g/mol. The maximum absolute atomic E-state index is 12.0. The smallest absolute Gasteiger partial charge is 0.325 e. The van der Waals surface area contributed by atoms with E-state index in [2.05, 4.69) is 4.98 Å². The summed E-state index contributed by atoms with van der Waals surface area (Å²) in [5, 5.41) is 8.91. The Morgan fingerprint density at radius 1 is 1.39 bits per heavy atom. The van der Waals surface area contributed by atoms with Gasteiger partial charge in [0, 0.05) is 19.3 Å². The van der Waals surface area contributed by atoms with Crippen LogP contribution in [0.15, 0.2) is 15.8 Å². The lowest BCUT2D eigenvalue weighted by molar-refractivity contribution is 0.0717. The molecule has 18 heavy (non-hydrogen) atoms. The molecule has 0 saturated carbocycles. The van der Waals surface area contributed by atoms with Crippen LogP contribution in [0.3, 0.4) is 0 Å². The van der Waals surface area contributed by atoms with E-state index in [1.165, 1.54) is 4.90 Å². The van der Waals surface area contributed by atoms with Crippen molar-refractivity contribution in [3.05, 3.63) is 32.6 Å². The van der Waals surface area contributed by atoms with Crippen molar-refractivity contribution in [3.8, 4) is 0 Å². The maximum Gasteiger partial charge on any atom is 0.325 e. The highest BCUT2D eigenvalue weighted by atomic mass is 16.3. The molecule has 1 amide bonds. The van der Waals surface area contributed by atoms with Gasteiger partial charge in [0.05, 0.1) is 6.61 Å². The third-order valence-electron chi connectivity index (χ3n) is 2.49. The number of hydrogen-bond acceptors (Lipinski definition) is 4. The lowest BCUT2D eigenvalue weighted by Gasteiger charge is -2.20. The Morgan fingerprint density at radius 2 is 2.11 bits per heavy atom. The minimum Gasteiger partial charge on any atom is -0.395 e. The first kappa shape index (κ1) is 14.2. The molecule has 1 heterocycles. The predicted molar refractivity (Wildman–Crippen MR) is 65.6 cm³/mol. The summed E-state index contributed by atoms with van der Waals surface area (Å²) >= 11 is 0. The second-order valence-corrected chi connectivity index (χ2v) is 3.85. The number of aromatic amines is 2. The minimum absolute atomic E-state index is 0.126. The Labute approximate surface area is 103 Å². The standard InChI is InChI=1S/C11H17N3O4/c1-2-3-4-14(5-6-15)10(17)8-7-12-11(18)13-9(8)16/h7,15H,2-6H2,1H3,(H2,12,13,16,18). The van der Waals surface area contributed by atoms with E-state index in [-0.39, 0.29) is 18.7 Å². The molecule has 0 spiro atoms. The molecule has 100 valence electrons. The third kappa shape index (κ3) is 3.56. The van der Waals surface area contributed by atoms with Gasteiger partial charge in [-0.05, 0) is 6.42 Å². The van der Waals surface area contributed by atoms with Crippen LogP contribution in [-0.2, 0) is 0 Å². The van der Waals surface area contributed by atoms with Crippen molar-refractivity contribution in [2.45, 2.75) is 19.8 Å². The maximum atomic E-state index is 12.0. The normalized spacial score (nSPS) is 10.3. The molecule has 0 aliphatic heterocycles. The van der Waals surface area contributed by atoms with Gasteiger partial charge in [-0.3, -0.25) is 14.6 Å². The number of amides is 1. The van der Waals surface area contributed by atoms with Gasteiger partial charge < -0.3 is 15.0 Å². The molecule has 1 aromatic rings. The molecule has 1 rings (SSSR count). The molecule has 7 heteroatoms. The zero-order valence-corrected chi connectivity index (χ0v) is 10.2. The number of nitrogens with zero attached hydrogens (tertiary/aromatic N) is 1. The molecule has 7 nitrogen and oxygen atoms in total. The van der Waals surface area contributed by atoms with Crippen molar-refractivity contribution >= 4 is 5.91 Å². The van der Waals surface area contributed by atoms with Crippen LogP contribution >= 0.6 is 0 Å². The summed E-state index contributed by atoms with van der Waals surface area (Å²) < 4.78 is 0. The summed E-state index contributed by atoms with van der Waals surface area (Å²) in [6, 6.07) is 0. The molecule has 0 aliphatic carbocycles. The average molecular weight is 255 g/mol. The van der Waals surface area contributed by atoms with E-state index in [4.69, 9.17) is 5.11 Å². The number of unbranched alkanes of at least 4 members (excludes halogenated alkanes) is 1. The lowest BCUT2D eigenvalue weighted by Crippen LogP contribution is -2.39. The van der Waals surface area contributed by atoms with Crippen molar-refractivity contribution in [2.75, 3.05) is 19.7 Å². The fraction of sp³-hybridized carbons (Fsp3) is 0.545. The fourth-order valence-corrected chi connectivity index (χ4v) is 1.52. The lowest BCUT2D eigenvalue weighted by atomic mass is 10.2. The van der Waals surface area contributed by atoms with Gasteiger partial charge in [0.15, 0.2) is 0 Å². The highest BCUT2D eigenvalue weighted by Crippen LogP contribution is 2.00. The Morgan fingerprint density at radius 3 is 2.67 bits per heavy atom. The highest BCUT2D eigenvalue weighted by molar-refractivity contribution is 5.93. The van der Waals surface area contributed by atoms with Gasteiger partial charge in [0.1, 0.15) is 5.56 Å². The average Bonchev–Trinajstić information content (AvgIpc) is 2.33. The van der Waals surface area contributed by atoms with Crippen molar-refractivity contribution in [3.63, 3.8) is 0 Å². The Hall–Kier alpha value is -1.89. The van der Waals surface area contributed by atoms with Crippen LogP contribution in [-0.4, -0.2) is 45.6 Å². The molecule has 3 N–H and O–H groups in total. The Balaban J connectivity index is 2.94. The summed E-state index contributed by atoms with van der Waals surface area (Å²) in [6.07, 6.45) is 2.78. The van der Waals surface area contributed by atoms with Crippen molar-refractivity contribution in [2.24, 2.45) is 0 Å². The number of carbonyl (C=O) groups is 1. The molecule has 0 aliphatic rings. The molecule has 0 fully saturated rings. The summed E-state index contributed by atoms with van der Waals surface area (Å²) in [4.78, 5) is 40.0. The molecular formula is C11H17N3O4. The molecule has 0 aromatic carbocycles. The number of rotatable bonds is 6. The summed E-state index contributed by atoms with van der Waals surface area (Å²) in [5.41, 5.74) is -1.50. The zero-order valence-electron chi connectivity index (χ0n) is 10.2. The highest BCUT2D eigenvalue weighted by Gasteiger charge is 2.18. The molecule has 0 unspecified atom stereocenters. The summed E-state index contributed by atoms with van der Waals surface area (Å²) in [7, 11) is 0. The number of carbonyl (C=O) groups excluding carboxylic acids is 1. The Bertz CT molecular complexity index is 506. The van der Waals surface area contributed by atoms with E-state index >= 15 is 0 Å². The van der Waals surface area contributed by atoms with E-state index in [0.29, 0.717) is 6.54 Å². The zero-order chi connectivity index (χ0) is 13.5. The number of H-pyrrole nitrogens is 2. The van der Waals surface area contributed by atoms with Crippen molar-refractivity contribution < 1.29 is 9.90 Å². The Kier molecular flexibility index (Phi) is 5.31. The van der Waals surface area contributed by atoms with E-state index < -0.39 is 17.2 Å². The molecular weight excluding hydrogens is 238 g/mol. The molecule has 1 aromatic heterocycles. The van der Waals surface area contributed by atoms with E-state index in [1.54, 1.807) is 0 Å². The first-order chi connectivity index (χ1) is 8.60. The molecule has 0 radical (unpaired) electrons.